The maximum atomic E-state index is 12.3. The second kappa shape index (κ2) is 33.2. The van der Waals surface area contributed by atoms with E-state index in [4.69, 9.17) is 14.6 Å². The van der Waals surface area contributed by atoms with Crippen LogP contribution in [-0.2, 0) is 43.0 Å². The van der Waals surface area contributed by atoms with Crippen molar-refractivity contribution in [2.75, 3.05) is 39.5 Å². The molecule has 0 aromatic rings. The van der Waals surface area contributed by atoms with Gasteiger partial charge in [0.25, 0.3) is 0 Å². The van der Waals surface area contributed by atoms with Crippen LogP contribution < -0.4 is 16.0 Å². The number of ether oxygens (including phenoxy) is 2. The highest BCUT2D eigenvalue weighted by atomic mass is 16.5. The van der Waals surface area contributed by atoms with Gasteiger partial charge in [0.1, 0.15) is 24.2 Å². The maximum Gasteiger partial charge on any atom is 0.326 e. The lowest BCUT2D eigenvalue weighted by Crippen LogP contribution is -2.41. The molecular weight excluding hydrogens is 686 g/mol. The van der Waals surface area contributed by atoms with Gasteiger partial charge in [-0.15, -0.1) is 0 Å². The molecule has 5 N–H and O–H groups in total. The predicted octanol–water partition coefficient (Wildman–Crippen LogP) is 5.14. The molecule has 0 fully saturated rings. The lowest BCUT2D eigenvalue weighted by atomic mass is 9.89. The second-order valence-electron chi connectivity index (χ2n) is 14.1. The molecule has 14 heteroatoms. The molecule has 0 unspecified atom stereocenters. The number of carbonyl (C=O) groups excluding carboxylic acids is 5. The first-order chi connectivity index (χ1) is 25.3. The van der Waals surface area contributed by atoms with Crippen LogP contribution in [-0.4, -0.2) is 97.0 Å². The summed E-state index contributed by atoms with van der Waals surface area (Å²) >= 11 is 0. The van der Waals surface area contributed by atoms with E-state index in [1.165, 1.54) is 26.2 Å². The highest BCUT2D eigenvalue weighted by molar-refractivity contribution is 5.87. The third-order valence-corrected chi connectivity index (χ3v) is 8.98. The van der Waals surface area contributed by atoms with E-state index in [1.807, 2.05) is 13.8 Å². The Morgan fingerprint density at radius 2 is 1.11 bits per heavy atom. The van der Waals surface area contributed by atoms with Crippen LogP contribution in [0.5, 0.6) is 0 Å². The van der Waals surface area contributed by atoms with Gasteiger partial charge in [0.15, 0.2) is 0 Å². The number of carboxylic acid groups (broad SMARTS) is 2. The summed E-state index contributed by atoms with van der Waals surface area (Å²) in [5.41, 5.74) is 0. The summed E-state index contributed by atoms with van der Waals surface area (Å²) in [6, 6.07) is -1.14. The molecule has 0 saturated heterocycles. The fraction of sp³-hybridized carbons (Fsp3) is 0.821. The van der Waals surface area contributed by atoms with E-state index >= 15 is 0 Å². The zero-order valence-corrected chi connectivity index (χ0v) is 32.7. The van der Waals surface area contributed by atoms with E-state index in [0.717, 1.165) is 57.8 Å². The Hall–Kier alpha value is -3.39. The Labute approximate surface area is 316 Å². The number of unbranched alkanes of at least 4 members (excludes halogenated alkanes) is 12. The van der Waals surface area contributed by atoms with Crippen molar-refractivity contribution in [1.82, 2.24) is 16.0 Å². The Kier molecular flexibility index (Phi) is 31.1. The Bertz CT molecular complexity index is 1070. The monoisotopic (exact) mass is 755 g/mol. The molecule has 0 aromatic carbocycles. The third-order valence-electron chi connectivity index (χ3n) is 8.98. The first kappa shape index (κ1) is 49.6. The van der Waals surface area contributed by atoms with Gasteiger partial charge in [-0.2, -0.15) is 0 Å². The fourth-order valence-electron chi connectivity index (χ4n) is 5.59. The second-order valence-corrected chi connectivity index (χ2v) is 14.1. The van der Waals surface area contributed by atoms with Crippen molar-refractivity contribution in [3.8, 4) is 0 Å². The van der Waals surface area contributed by atoms with E-state index in [2.05, 4.69) is 16.0 Å². The van der Waals surface area contributed by atoms with Crippen molar-refractivity contribution in [3.63, 3.8) is 0 Å². The van der Waals surface area contributed by atoms with Crippen molar-refractivity contribution >= 4 is 41.2 Å². The van der Waals surface area contributed by atoms with Crippen molar-refractivity contribution in [1.29, 1.82) is 0 Å². The van der Waals surface area contributed by atoms with E-state index in [9.17, 15) is 38.7 Å². The zero-order chi connectivity index (χ0) is 39.7. The quantitative estimate of drug-likeness (QED) is 0.0524. The van der Waals surface area contributed by atoms with Crippen molar-refractivity contribution < 1.29 is 53.2 Å². The molecular formula is C39H69N3O11. The minimum absolute atomic E-state index is 0.0140. The highest BCUT2D eigenvalue weighted by Gasteiger charge is 2.21. The van der Waals surface area contributed by atoms with Crippen LogP contribution in [0.1, 0.15) is 149 Å². The lowest BCUT2D eigenvalue weighted by molar-refractivity contribution is -0.142. The summed E-state index contributed by atoms with van der Waals surface area (Å²) in [6.45, 7) is 6.32. The third kappa shape index (κ3) is 31.8. The lowest BCUT2D eigenvalue weighted by Gasteiger charge is -2.14. The van der Waals surface area contributed by atoms with Crippen LogP contribution in [0.15, 0.2) is 0 Å². The zero-order valence-electron chi connectivity index (χ0n) is 32.7. The van der Waals surface area contributed by atoms with Gasteiger partial charge < -0.3 is 35.6 Å². The van der Waals surface area contributed by atoms with E-state index in [-0.39, 0.29) is 106 Å². The number of amides is 3. The van der Waals surface area contributed by atoms with Crippen LogP contribution >= 0.6 is 0 Å². The van der Waals surface area contributed by atoms with Crippen molar-refractivity contribution in [3.05, 3.63) is 0 Å². The molecule has 2 atom stereocenters. The molecule has 306 valence electrons. The fourth-order valence-corrected chi connectivity index (χ4v) is 5.59. The van der Waals surface area contributed by atoms with Gasteiger partial charge in [-0.05, 0) is 39.0 Å². The number of hydrogen-bond donors (Lipinski definition) is 5. The average Bonchev–Trinajstić information content (AvgIpc) is 3.10. The normalized spacial score (nSPS) is 12.2. The van der Waals surface area contributed by atoms with Gasteiger partial charge in [-0.1, -0.05) is 84.5 Å². The van der Waals surface area contributed by atoms with Gasteiger partial charge in [-0.25, -0.2) is 4.79 Å². The topological polar surface area (TPSA) is 214 Å². The number of carboxylic acids is 2. The molecule has 0 radical (unpaired) electrons. The van der Waals surface area contributed by atoms with Crippen molar-refractivity contribution in [2.45, 2.75) is 155 Å². The van der Waals surface area contributed by atoms with E-state index in [0.29, 0.717) is 25.8 Å². The molecule has 0 rings (SSSR count). The van der Waals surface area contributed by atoms with Crippen LogP contribution in [0.3, 0.4) is 0 Å². The predicted molar refractivity (Wildman–Crippen MR) is 201 cm³/mol. The molecule has 0 bridgehead atoms. The number of aliphatic carboxylic acids is 2. The minimum Gasteiger partial charge on any atom is -0.481 e. The molecule has 0 aliphatic heterocycles. The standard InChI is InChI=1S/C39H69N3O11/c1-30(2)34(44)28-32(31(3)43)18-16-17-23-40-37(47)29-53-27-26-52-25-24-41-35(45)22-21-33(39(50)51)42-36(46)19-14-12-10-8-6-4-5-7-9-11-13-15-20-38(48)49/h30,32-33H,4-29H2,1-3H3,(H,40,47)(H,41,45)(H,42,46)(H,48,49)(H,50,51)/t32-,33+/m1/s1. The van der Waals surface area contributed by atoms with Gasteiger partial charge in [-0.3, -0.25) is 28.8 Å². The Morgan fingerprint density at radius 1 is 0.566 bits per heavy atom. The summed E-state index contributed by atoms with van der Waals surface area (Å²) < 4.78 is 10.7. The largest absolute Gasteiger partial charge is 0.481 e. The molecule has 0 heterocycles. The molecule has 0 spiro atoms. The van der Waals surface area contributed by atoms with Gasteiger partial charge in [0.2, 0.25) is 17.7 Å². The first-order valence-electron chi connectivity index (χ1n) is 19.8. The molecule has 3 amide bonds. The Morgan fingerprint density at radius 3 is 1.66 bits per heavy atom. The number of Topliss-reactive ketones (excluding diaryl/α,β-unsaturated/α-hetero) is 2. The van der Waals surface area contributed by atoms with E-state index < -0.39 is 18.0 Å². The molecule has 14 nitrogen and oxygen atoms in total. The van der Waals surface area contributed by atoms with Gasteiger partial charge in [0, 0.05) is 50.6 Å². The summed E-state index contributed by atoms with van der Waals surface area (Å²) in [6.07, 6.45) is 15.1. The summed E-state index contributed by atoms with van der Waals surface area (Å²) in [5.74, 6) is -3.12. The first-order valence-corrected chi connectivity index (χ1v) is 19.8. The van der Waals surface area contributed by atoms with Crippen LogP contribution in [0.4, 0.5) is 0 Å². The summed E-state index contributed by atoms with van der Waals surface area (Å²) in [5, 5.41) is 26.1. The summed E-state index contributed by atoms with van der Waals surface area (Å²) in [4.78, 5) is 82.3. The number of hydrogen-bond acceptors (Lipinski definition) is 9. The molecule has 0 saturated carbocycles. The molecule has 0 aromatic heterocycles. The summed E-state index contributed by atoms with van der Waals surface area (Å²) in [7, 11) is 0. The minimum atomic E-state index is -1.18. The molecule has 0 aliphatic carbocycles. The Balaban J connectivity index is 3.80. The van der Waals surface area contributed by atoms with Crippen LogP contribution in [0.25, 0.3) is 0 Å². The maximum absolute atomic E-state index is 12.3. The smallest absolute Gasteiger partial charge is 0.326 e. The van der Waals surface area contributed by atoms with Crippen LogP contribution in [0.2, 0.25) is 0 Å². The molecule has 0 aliphatic rings. The van der Waals surface area contributed by atoms with Crippen molar-refractivity contribution in [2.24, 2.45) is 11.8 Å². The number of ketones is 2. The average molecular weight is 756 g/mol. The molecule has 53 heavy (non-hydrogen) atoms. The van der Waals surface area contributed by atoms with Crippen LogP contribution in [0, 0.1) is 11.8 Å². The SMILES string of the molecule is CC(=O)[C@H](CCCCNC(=O)COCCOCCNC(=O)CC[C@H](NC(=O)CCCCCCCCCCCCCCC(=O)O)C(=O)O)CC(=O)C(C)C. The van der Waals surface area contributed by atoms with E-state index in [1.54, 1.807) is 0 Å². The van der Waals surface area contributed by atoms with Gasteiger partial charge in [0.05, 0.1) is 19.8 Å². The highest BCUT2D eigenvalue weighted by Crippen LogP contribution is 2.17. The van der Waals surface area contributed by atoms with Gasteiger partial charge >= 0.3 is 11.9 Å². The number of rotatable bonds is 37. The number of nitrogens with one attached hydrogen (secondary N) is 3. The number of carbonyl (C=O) groups is 7.